The summed E-state index contributed by atoms with van der Waals surface area (Å²) in [4.78, 5) is 31.5. The first-order chi connectivity index (χ1) is 15.8. The topological polar surface area (TPSA) is 58.9 Å². The van der Waals surface area contributed by atoms with Crippen molar-refractivity contribution in [1.29, 1.82) is 0 Å². The van der Waals surface area contributed by atoms with E-state index in [4.69, 9.17) is 0 Å². The highest BCUT2D eigenvalue weighted by Gasteiger charge is 2.45. The van der Waals surface area contributed by atoms with E-state index < -0.39 is 17.5 Å². The van der Waals surface area contributed by atoms with Crippen molar-refractivity contribution in [2.24, 2.45) is 15.4 Å². The van der Waals surface area contributed by atoms with Crippen LogP contribution in [0.5, 0.6) is 0 Å². The monoisotopic (exact) mass is 418 g/mol. The van der Waals surface area contributed by atoms with E-state index in [9.17, 15) is 9.59 Å². The van der Waals surface area contributed by atoms with Crippen LogP contribution in [0.2, 0.25) is 0 Å². The second-order valence-electron chi connectivity index (χ2n) is 7.72. The summed E-state index contributed by atoms with van der Waals surface area (Å²) < 4.78 is 0. The van der Waals surface area contributed by atoms with Gasteiger partial charge in [0, 0.05) is 5.92 Å². The fourth-order valence-corrected chi connectivity index (χ4v) is 4.40. The molecular formula is C28H22N2O2. The van der Waals surface area contributed by atoms with Gasteiger partial charge < -0.3 is 0 Å². The molecule has 156 valence electrons. The minimum atomic E-state index is -0.886. The molecule has 0 amide bonds. The molecule has 0 spiro atoms. The number of benzene rings is 3. The molecule has 0 N–H and O–H groups in total. The smallest absolute Gasteiger partial charge is 0.211 e. The fraction of sp³-hybridized carbons (Fsp3) is 0.143. The second kappa shape index (κ2) is 9.80. The Bertz CT molecular complexity index is 1110. The van der Waals surface area contributed by atoms with Crippen molar-refractivity contribution in [3.63, 3.8) is 0 Å². The van der Waals surface area contributed by atoms with Gasteiger partial charge in [-0.3, -0.25) is 0 Å². The second-order valence-corrected chi connectivity index (χ2v) is 7.72. The van der Waals surface area contributed by atoms with E-state index >= 15 is 0 Å². The summed E-state index contributed by atoms with van der Waals surface area (Å²) in [5, 5.41) is 0. The molecule has 2 atom stereocenters. The van der Waals surface area contributed by atoms with Crippen LogP contribution in [-0.2, 0) is 9.59 Å². The molecule has 3 aromatic carbocycles. The zero-order valence-corrected chi connectivity index (χ0v) is 17.4. The summed E-state index contributed by atoms with van der Waals surface area (Å²) in [5.41, 5.74) is 1.94. The number of nitrogens with zero attached hydrogens (tertiary/aromatic N) is 2. The quantitative estimate of drug-likeness (QED) is 0.267. The van der Waals surface area contributed by atoms with Crippen LogP contribution in [-0.4, -0.2) is 12.2 Å². The molecule has 0 aromatic heterocycles. The molecule has 0 saturated heterocycles. The van der Waals surface area contributed by atoms with Gasteiger partial charge in [0.2, 0.25) is 12.2 Å². The standard InChI is InChI=1S/C28H22N2O2/c31-20-29-26(24-12-6-2-7-13-24)28(27(30-21-32)25-14-8-3-9-15-25)18-16-23(17-19-28)22-10-4-1-5-11-22/h1-19,23,26-27H. The molecule has 4 nitrogen and oxygen atoms in total. The molecule has 4 heteroatoms. The van der Waals surface area contributed by atoms with Gasteiger partial charge in [0.05, 0.1) is 5.41 Å². The Kier molecular flexibility index (Phi) is 6.48. The Hall–Kier alpha value is -4.10. The highest BCUT2D eigenvalue weighted by molar-refractivity contribution is 5.46. The molecule has 0 bridgehead atoms. The average molecular weight is 418 g/mol. The molecule has 3 aromatic rings. The van der Waals surface area contributed by atoms with E-state index in [1.807, 2.05) is 91.0 Å². The Morgan fingerprint density at radius 3 is 1.44 bits per heavy atom. The van der Waals surface area contributed by atoms with E-state index in [2.05, 4.69) is 34.3 Å². The summed E-state index contributed by atoms with van der Waals surface area (Å²) in [6.07, 6.45) is 11.7. The minimum absolute atomic E-state index is 0.0672. The number of isocyanates is 2. The normalized spacial score (nSPS) is 21.1. The van der Waals surface area contributed by atoms with E-state index in [1.54, 1.807) is 12.2 Å². The Morgan fingerprint density at radius 1 is 0.625 bits per heavy atom. The minimum Gasteiger partial charge on any atom is -0.211 e. The molecule has 1 aliphatic carbocycles. The highest BCUT2D eigenvalue weighted by Crippen LogP contribution is 2.53. The molecule has 0 saturated carbocycles. The highest BCUT2D eigenvalue weighted by atomic mass is 16.1. The van der Waals surface area contributed by atoms with Crippen molar-refractivity contribution >= 4 is 12.2 Å². The molecular weight excluding hydrogens is 396 g/mol. The molecule has 0 heterocycles. The van der Waals surface area contributed by atoms with Gasteiger partial charge in [-0.1, -0.05) is 115 Å². The maximum absolute atomic E-state index is 11.5. The molecule has 0 radical (unpaired) electrons. The first-order valence-electron chi connectivity index (χ1n) is 10.5. The fourth-order valence-electron chi connectivity index (χ4n) is 4.40. The van der Waals surface area contributed by atoms with Crippen LogP contribution in [0.4, 0.5) is 0 Å². The van der Waals surface area contributed by atoms with Gasteiger partial charge in [-0.2, -0.15) is 9.98 Å². The molecule has 0 fully saturated rings. The Labute approximate surface area is 187 Å². The van der Waals surface area contributed by atoms with E-state index in [0.29, 0.717) is 0 Å². The van der Waals surface area contributed by atoms with Gasteiger partial charge in [0.25, 0.3) is 0 Å². The predicted molar refractivity (Wildman–Crippen MR) is 125 cm³/mol. The van der Waals surface area contributed by atoms with Crippen molar-refractivity contribution in [1.82, 2.24) is 0 Å². The van der Waals surface area contributed by atoms with Gasteiger partial charge in [0.15, 0.2) is 0 Å². The summed E-state index contributed by atoms with van der Waals surface area (Å²) in [5.74, 6) is 0.0672. The number of allylic oxidation sites excluding steroid dienone is 2. The van der Waals surface area contributed by atoms with Gasteiger partial charge >= 0.3 is 0 Å². The lowest BCUT2D eigenvalue weighted by Gasteiger charge is -2.40. The van der Waals surface area contributed by atoms with Crippen molar-refractivity contribution in [2.45, 2.75) is 18.0 Å². The van der Waals surface area contributed by atoms with Crippen LogP contribution in [0.15, 0.2) is 125 Å². The predicted octanol–water partition coefficient (Wildman–Crippen LogP) is 6.04. The van der Waals surface area contributed by atoms with Crippen LogP contribution >= 0.6 is 0 Å². The van der Waals surface area contributed by atoms with Crippen molar-refractivity contribution in [3.8, 4) is 0 Å². The third-order valence-corrected chi connectivity index (χ3v) is 5.91. The van der Waals surface area contributed by atoms with Gasteiger partial charge in [-0.25, -0.2) is 9.59 Å². The van der Waals surface area contributed by atoms with Crippen LogP contribution in [0, 0.1) is 5.41 Å². The van der Waals surface area contributed by atoms with Crippen LogP contribution in [0.1, 0.15) is 34.7 Å². The summed E-state index contributed by atoms with van der Waals surface area (Å²) in [6.45, 7) is 0. The lowest BCUT2D eigenvalue weighted by molar-refractivity contribution is 0.318. The molecule has 4 rings (SSSR count). The van der Waals surface area contributed by atoms with Gasteiger partial charge in [0.1, 0.15) is 12.1 Å². The lowest BCUT2D eigenvalue weighted by Crippen LogP contribution is -2.32. The van der Waals surface area contributed by atoms with Crippen molar-refractivity contribution in [3.05, 3.63) is 132 Å². The van der Waals surface area contributed by atoms with Crippen LogP contribution in [0.3, 0.4) is 0 Å². The molecule has 2 unspecified atom stereocenters. The van der Waals surface area contributed by atoms with Crippen LogP contribution < -0.4 is 0 Å². The molecule has 0 aliphatic heterocycles. The summed E-state index contributed by atoms with van der Waals surface area (Å²) >= 11 is 0. The Morgan fingerprint density at radius 2 is 1.03 bits per heavy atom. The van der Waals surface area contributed by atoms with Crippen molar-refractivity contribution < 1.29 is 9.59 Å². The summed E-state index contributed by atoms with van der Waals surface area (Å²) in [6, 6.07) is 28.0. The molecule has 32 heavy (non-hydrogen) atoms. The SMILES string of the molecule is O=C=NC(c1ccccc1)C1(C(N=C=O)c2ccccc2)C=CC(c2ccccc2)C=C1. The number of hydrogen-bond acceptors (Lipinski definition) is 4. The first-order valence-corrected chi connectivity index (χ1v) is 10.5. The third-order valence-electron chi connectivity index (χ3n) is 5.91. The maximum atomic E-state index is 11.5. The average Bonchev–Trinajstić information content (AvgIpc) is 2.87. The number of carbonyl (C=O) groups excluding carboxylic acids is 2. The maximum Gasteiger partial charge on any atom is 0.235 e. The zero-order chi connectivity index (χ0) is 22.2. The van der Waals surface area contributed by atoms with E-state index in [1.165, 1.54) is 0 Å². The van der Waals surface area contributed by atoms with Gasteiger partial charge in [-0.15, -0.1) is 0 Å². The Balaban J connectivity index is 1.90. The van der Waals surface area contributed by atoms with Gasteiger partial charge in [-0.05, 0) is 16.7 Å². The number of rotatable bonds is 7. The number of hydrogen-bond donors (Lipinski definition) is 0. The van der Waals surface area contributed by atoms with Crippen LogP contribution in [0.25, 0.3) is 0 Å². The third kappa shape index (κ3) is 4.19. The summed E-state index contributed by atoms with van der Waals surface area (Å²) in [7, 11) is 0. The van der Waals surface area contributed by atoms with Crippen molar-refractivity contribution in [2.75, 3.05) is 0 Å². The lowest BCUT2D eigenvalue weighted by atomic mass is 9.66. The van der Waals surface area contributed by atoms with E-state index in [-0.39, 0.29) is 5.92 Å². The number of aliphatic imine (C=N–C) groups is 2. The van der Waals surface area contributed by atoms with E-state index in [0.717, 1.165) is 16.7 Å². The molecule has 1 aliphatic rings. The largest absolute Gasteiger partial charge is 0.235 e. The first kappa shape index (κ1) is 21.1. The zero-order valence-electron chi connectivity index (χ0n) is 17.4.